The summed E-state index contributed by atoms with van der Waals surface area (Å²) in [5, 5.41) is 23.0. The second-order valence-corrected chi connectivity index (χ2v) is 7.54. The van der Waals surface area contributed by atoms with Crippen LogP contribution >= 0.6 is 0 Å². The van der Waals surface area contributed by atoms with Gasteiger partial charge in [0.25, 0.3) is 5.89 Å². The van der Waals surface area contributed by atoms with Gasteiger partial charge in [0.05, 0.1) is 0 Å². The van der Waals surface area contributed by atoms with E-state index in [4.69, 9.17) is 4.52 Å². The van der Waals surface area contributed by atoms with Crippen molar-refractivity contribution in [3.05, 3.63) is 71.4 Å². The number of hydrogen-bond acceptors (Lipinski definition) is 6. The SMILES string of the molecule is Oc1ccc(/C=C/c2nc(CC3CCN(Cc4ccccc4)CC3)no2)cc1O. The Bertz CT molecular complexity index is 961. The Hall–Kier alpha value is -3.12. The average molecular weight is 391 g/mol. The zero-order valence-electron chi connectivity index (χ0n) is 16.2. The van der Waals surface area contributed by atoms with E-state index < -0.39 is 0 Å². The van der Waals surface area contributed by atoms with Gasteiger partial charge in [0.15, 0.2) is 17.3 Å². The van der Waals surface area contributed by atoms with Crippen LogP contribution in [0.15, 0.2) is 53.1 Å². The summed E-state index contributed by atoms with van der Waals surface area (Å²) in [6.45, 7) is 3.20. The van der Waals surface area contributed by atoms with E-state index in [2.05, 4.69) is 45.4 Å². The Balaban J connectivity index is 1.27. The fraction of sp³-hybridized carbons (Fsp3) is 0.304. The Morgan fingerprint density at radius 1 is 1.00 bits per heavy atom. The lowest BCUT2D eigenvalue weighted by Gasteiger charge is -2.31. The quantitative estimate of drug-likeness (QED) is 0.616. The van der Waals surface area contributed by atoms with Crippen molar-refractivity contribution in [2.24, 2.45) is 5.92 Å². The number of benzene rings is 2. The van der Waals surface area contributed by atoms with Crippen molar-refractivity contribution >= 4 is 12.2 Å². The van der Waals surface area contributed by atoms with E-state index in [1.807, 2.05) is 0 Å². The third-order valence-electron chi connectivity index (χ3n) is 5.33. The summed E-state index contributed by atoms with van der Waals surface area (Å²) in [6, 6.07) is 15.2. The van der Waals surface area contributed by atoms with Crippen molar-refractivity contribution in [3.8, 4) is 11.5 Å². The summed E-state index contributed by atoms with van der Waals surface area (Å²) < 4.78 is 5.31. The predicted molar refractivity (Wildman–Crippen MR) is 111 cm³/mol. The molecule has 0 aliphatic carbocycles. The number of piperidine rings is 1. The van der Waals surface area contributed by atoms with Crippen LogP contribution in [0.1, 0.15) is 35.7 Å². The number of aromatic hydroxyl groups is 2. The van der Waals surface area contributed by atoms with Gasteiger partial charge in [0, 0.05) is 19.0 Å². The van der Waals surface area contributed by atoms with Gasteiger partial charge in [-0.3, -0.25) is 4.90 Å². The van der Waals surface area contributed by atoms with E-state index in [0.717, 1.165) is 50.3 Å². The van der Waals surface area contributed by atoms with Crippen molar-refractivity contribution < 1.29 is 14.7 Å². The van der Waals surface area contributed by atoms with Crippen LogP contribution in [-0.4, -0.2) is 38.3 Å². The van der Waals surface area contributed by atoms with E-state index in [0.29, 0.717) is 11.8 Å². The summed E-state index contributed by atoms with van der Waals surface area (Å²) in [5.41, 5.74) is 2.10. The maximum atomic E-state index is 9.55. The average Bonchev–Trinajstić information content (AvgIpc) is 3.18. The van der Waals surface area contributed by atoms with Crippen LogP contribution in [-0.2, 0) is 13.0 Å². The molecule has 0 spiro atoms. The Labute approximate surface area is 170 Å². The van der Waals surface area contributed by atoms with E-state index in [9.17, 15) is 10.2 Å². The Kier molecular flexibility index (Phi) is 5.91. The van der Waals surface area contributed by atoms with E-state index in [1.54, 1.807) is 18.2 Å². The van der Waals surface area contributed by atoms with Gasteiger partial charge >= 0.3 is 0 Å². The molecule has 1 fully saturated rings. The molecule has 0 bridgehead atoms. The molecule has 0 atom stereocenters. The van der Waals surface area contributed by atoms with Gasteiger partial charge in [-0.1, -0.05) is 41.6 Å². The summed E-state index contributed by atoms with van der Waals surface area (Å²) in [4.78, 5) is 6.96. The first-order valence-electron chi connectivity index (χ1n) is 9.94. The van der Waals surface area contributed by atoms with Crippen LogP contribution in [0.3, 0.4) is 0 Å². The van der Waals surface area contributed by atoms with Crippen LogP contribution in [0.4, 0.5) is 0 Å². The molecule has 0 amide bonds. The van der Waals surface area contributed by atoms with Gasteiger partial charge in [0.2, 0.25) is 0 Å². The molecule has 0 radical (unpaired) electrons. The maximum absolute atomic E-state index is 9.55. The first-order valence-corrected chi connectivity index (χ1v) is 9.94. The molecule has 6 heteroatoms. The molecule has 0 saturated carbocycles. The first kappa shape index (κ1) is 19.2. The fourth-order valence-corrected chi connectivity index (χ4v) is 3.68. The molecule has 2 N–H and O–H groups in total. The monoisotopic (exact) mass is 391 g/mol. The molecule has 6 nitrogen and oxygen atoms in total. The second-order valence-electron chi connectivity index (χ2n) is 7.54. The highest BCUT2D eigenvalue weighted by Gasteiger charge is 2.21. The lowest BCUT2D eigenvalue weighted by atomic mass is 9.93. The number of phenolic OH excluding ortho intramolecular Hbond substituents is 2. The lowest BCUT2D eigenvalue weighted by Crippen LogP contribution is -2.33. The number of rotatable bonds is 6. The molecule has 150 valence electrons. The normalized spacial score (nSPS) is 15.9. The highest BCUT2D eigenvalue weighted by molar-refractivity contribution is 5.67. The number of nitrogens with zero attached hydrogens (tertiary/aromatic N) is 3. The second kappa shape index (κ2) is 8.92. The predicted octanol–water partition coefficient (Wildman–Crippen LogP) is 4.11. The number of phenols is 2. The minimum atomic E-state index is -0.156. The highest BCUT2D eigenvalue weighted by Crippen LogP contribution is 2.26. The lowest BCUT2D eigenvalue weighted by molar-refractivity contribution is 0.175. The minimum absolute atomic E-state index is 0.142. The molecule has 3 aromatic rings. The molecule has 1 aliphatic rings. The van der Waals surface area contributed by atoms with Crippen LogP contribution in [0.25, 0.3) is 12.2 Å². The van der Waals surface area contributed by atoms with Crippen molar-refractivity contribution in [2.45, 2.75) is 25.8 Å². The third kappa shape index (κ3) is 5.23. The van der Waals surface area contributed by atoms with Crippen LogP contribution in [0, 0.1) is 5.92 Å². The van der Waals surface area contributed by atoms with Crippen molar-refractivity contribution in [2.75, 3.05) is 13.1 Å². The van der Waals surface area contributed by atoms with Gasteiger partial charge in [-0.25, -0.2) is 0 Å². The van der Waals surface area contributed by atoms with Crippen LogP contribution in [0.2, 0.25) is 0 Å². The zero-order valence-corrected chi connectivity index (χ0v) is 16.2. The molecule has 4 rings (SSSR count). The van der Waals surface area contributed by atoms with E-state index in [1.165, 1.54) is 17.7 Å². The van der Waals surface area contributed by atoms with Gasteiger partial charge in [-0.15, -0.1) is 0 Å². The van der Waals surface area contributed by atoms with Crippen LogP contribution < -0.4 is 0 Å². The number of likely N-dealkylation sites (tertiary alicyclic amines) is 1. The standard InChI is InChI=1S/C23H25N3O3/c27-20-8-6-17(14-21(20)28)7-9-23-24-22(25-29-23)15-18-10-12-26(13-11-18)16-19-4-2-1-3-5-19/h1-9,14,18,27-28H,10-13,15-16H2/b9-7+. The van der Waals surface area contributed by atoms with Crippen molar-refractivity contribution in [3.63, 3.8) is 0 Å². The fourth-order valence-electron chi connectivity index (χ4n) is 3.68. The molecular weight excluding hydrogens is 366 g/mol. The number of aromatic nitrogens is 2. The molecular formula is C23H25N3O3. The summed E-state index contributed by atoms with van der Waals surface area (Å²) in [6.07, 6.45) is 6.58. The van der Waals surface area contributed by atoms with Crippen LogP contribution in [0.5, 0.6) is 11.5 Å². The van der Waals surface area contributed by atoms with Gasteiger partial charge < -0.3 is 14.7 Å². The molecule has 1 aromatic heterocycles. The molecule has 2 aromatic carbocycles. The van der Waals surface area contributed by atoms with E-state index >= 15 is 0 Å². The maximum Gasteiger partial charge on any atom is 0.250 e. The van der Waals surface area contributed by atoms with Gasteiger partial charge in [0.1, 0.15) is 0 Å². The Morgan fingerprint density at radius 3 is 2.55 bits per heavy atom. The molecule has 2 heterocycles. The summed E-state index contributed by atoms with van der Waals surface area (Å²) in [7, 11) is 0. The first-order chi connectivity index (χ1) is 14.2. The van der Waals surface area contributed by atoms with Crippen molar-refractivity contribution in [1.82, 2.24) is 15.0 Å². The van der Waals surface area contributed by atoms with E-state index in [-0.39, 0.29) is 11.5 Å². The molecule has 1 aliphatic heterocycles. The number of hydrogen-bond donors (Lipinski definition) is 2. The Morgan fingerprint density at radius 2 is 1.79 bits per heavy atom. The molecule has 29 heavy (non-hydrogen) atoms. The zero-order chi connectivity index (χ0) is 20.1. The van der Waals surface area contributed by atoms with Gasteiger partial charge in [-0.2, -0.15) is 4.98 Å². The topological polar surface area (TPSA) is 82.6 Å². The molecule has 1 saturated heterocycles. The third-order valence-corrected chi connectivity index (χ3v) is 5.33. The van der Waals surface area contributed by atoms with Crippen molar-refractivity contribution in [1.29, 1.82) is 0 Å². The molecule has 0 unspecified atom stereocenters. The summed E-state index contributed by atoms with van der Waals surface area (Å²) in [5.74, 6) is 1.45. The highest BCUT2D eigenvalue weighted by atomic mass is 16.5. The largest absolute Gasteiger partial charge is 0.504 e. The smallest absolute Gasteiger partial charge is 0.250 e. The summed E-state index contributed by atoms with van der Waals surface area (Å²) >= 11 is 0. The minimum Gasteiger partial charge on any atom is -0.504 e. The van der Waals surface area contributed by atoms with Gasteiger partial charge in [-0.05, 0) is 61.2 Å².